The molecule has 172 valence electrons. The Kier molecular flexibility index (Phi) is 9.22. The van der Waals surface area contributed by atoms with Crippen molar-refractivity contribution in [1.29, 1.82) is 0 Å². The maximum atomic E-state index is 12.9. The Morgan fingerprint density at radius 1 is 0.938 bits per heavy atom. The summed E-state index contributed by atoms with van der Waals surface area (Å²) in [6.45, 7) is 7.35. The summed E-state index contributed by atoms with van der Waals surface area (Å²) in [5.41, 5.74) is 1.18. The quantitative estimate of drug-likeness (QED) is 0.389. The largest absolute Gasteiger partial charge is 0.345 e. The minimum Gasteiger partial charge on any atom is -0.345 e. The molecule has 1 amide bonds. The summed E-state index contributed by atoms with van der Waals surface area (Å²) in [5, 5.41) is 10.8. The highest BCUT2D eigenvalue weighted by Gasteiger charge is 2.29. The lowest BCUT2D eigenvalue weighted by atomic mass is 10.0. The molecule has 0 radical (unpaired) electrons. The first-order valence-corrected chi connectivity index (χ1v) is 12.0. The number of amides is 1. The van der Waals surface area contributed by atoms with Gasteiger partial charge in [0.2, 0.25) is 15.9 Å². The van der Waals surface area contributed by atoms with Gasteiger partial charge in [-0.3, -0.25) is 4.79 Å². The number of sulfonamides is 1. The van der Waals surface area contributed by atoms with Gasteiger partial charge in [0.1, 0.15) is 12.3 Å². The smallest absolute Gasteiger partial charge is 0.241 e. The lowest BCUT2D eigenvalue weighted by Crippen LogP contribution is -2.52. The normalized spacial score (nSPS) is 13.9. The second-order valence-electron chi connectivity index (χ2n) is 8.25. The van der Waals surface area contributed by atoms with Gasteiger partial charge in [-0.2, -0.15) is 15.0 Å². The van der Waals surface area contributed by atoms with E-state index in [9.17, 15) is 18.0 Å². The zero-order chi connectivity index (χ0) is 23.7. The van der Waals surface area contributed by atoms with Crippen LogP contribution in [0.4, 0.5) is 11.4 Å². The van der Waals surface area contributed by atoms with Crippen LogP contribution in [-0.2, 0) is 19.6 Å². The molecule has 2 aromatic carbocycles. The van der Waals surface area contributed by atoms with Crippen LogP contribution in [0, 0.1) is 11.8 Å². The maximum absolute atomic E-state index is 12.9. The molecule has 0 aliphatic heterocycles. The molecule has 0 aliphatic rings. The van der Waals surface area contributed by atoms with Crippen LogP contribution in [0.1, 0.15) is 34.1 Å². The van der Waals surface area contributed by atoms with Crippen molar-refractivity contribution in [2.24, 2.45) is 22.1 Å². The Morgan fingerprint density at radius 2 is 1.50 bits per heavy atom. The molecule has 0 saturated carbocycles. The Morgan fingerprint density at radius 3 is 2.00 bits per heavy atom. The first kappa shape index (κ1) is 25.4. The van der Waals surface area contributed by atoms with Crippen LogP contribution < -0.4 is 10.0 Å². The van der Waals surface area contributed by atoms with E-state index in [1.807, 2.05) is 32.0 Å². The third-order valence-corrected chi connectivity index (χ3v) is 6.09. The van der Waals surface area contributed by atoms with E-state index in [0.717, 1.165) is 0 Å². The van der Waals surface area contributed by atoms with Crippen LogP contribution in [-0.4, -0.2) is 32.7 Å². The van der Waals surface area contributed by atoms with Crippen LogP contribution in [0.25, 0.3) is 0 Å². The third-order valence-electron chi connectivity index (χ3n) is 4.63. The van der Waals surface area contributed by atoms with Gasteiger partial charge >= 0.3 is 0 Å². The summed E-state index contributed by atoms with van der Waals surface area (Å²) >= 11 is 0. The molecule has 2 rings (SSSR count). The van der Waals surface area contributed by atoms with Gasteiger partial charge in [-0.05, 0) is 54.7 Å². The maximum Gasteiger partial charge on any atom is 0.241 e. The molecule has 2 atom stereocenters. The number of nitrogens with zero attached hydrogens (tertiary/aromatic N) is 2. The Balaban J connectivity index is 2.12. The molecule has 0 spiro atoms. The lowest BCUT2D eigenvalue weighted by Gasteiger charge is -2.24. The fraction of sp³-hybridized carbons (Fsp3) is 0.391. The Hall–Kier alpha value is -2.91. The molecule has 0 aliphatic carbocycles. The third kappa shape index (κ3) is 7.65. The number of hydrogen-bond donors (Lipinski definition) is 2. The molecule has 9 heteroatoms. The molecule has 2 aromatic rings. The van der Waals surface area contributed by atoms with E-state index in [1.54, 1.807) is 26.0 Å². The minimum absolute atomic E-state index is 0.00345. The fourth-order valence-electron chi connectivity index (χ4n) is 2.96. The summed E-state index contributed by atoms with van der Waals surface area (Å²) in [7, 11) is -3.97. The average molecular weight is 459 g/mol. The SMILES string of the molecule is CC(C)C[C@@H](C=O)NC(=O)[C@@H](NS(=O)(=O)c1ccc(N=Nc2ccccc2)cc1)C(C)C. The molecule has 2 N–H and O–H groups in total. The predicted octanol–water partition coefficient (Wildman–Crippen LogP) is 4.13. The monoisotopic (exact) mass is 458 g/mol. The summed E-state index contributed by atoms with van der Waals surface area (Å²) in [6, 6.07) is 13.4. The Labute approximate surface area is 189 Å². The van der Waals surface area contributed by atoms with E-state index in [-0.39, 0.29) is 16.7 Å². The molecular weight excluding hydrogens is 428 g/mol. The van der Waals surface area contributed by atoms with E-state index < -0.39 is 28.0 Å². The van der Waals surface area contributed by atoms with Crippen molar-refractivity contribution in [3.63, 3.8) is 0 Å². The second-order valence-corrected chi connectivity index (χ2v) is 9.97. The van der Waals surface area contributed by atoms with Gasteiger partial charge in [0.15, 0.2) is 0 Å². The van der Waals surface area contributed by atoms with Crippen molar-refractivity contribution in [1.82, 2.24) is 10.0 Å². The molecule has 0 fully saturated rings. The molecule has 0 unspecified atom stereocenters. The zero-order valence-electron chi connectivity index (χ0n) is 18.7. The van der Waals surface area contributed by atoms with E-state index in [0.29, 0.717) is 24.1 Å². The van der Waals surface area contributed by atoms with Gasteiger partial charge in [0.25, 0.3) is 0 Å². The molecule has 8 nitrogen and oxygen atoms in total. The van der Waals surface area contributed by atoms with Gasteiger partial charge in [-0.1, -0.05) is 45.9 Å². The van der Waals surface area contributed by atoms with Crippen molar-refractivity contribution in [3.8, 4) is 0 Å². The van der Waals surface area contributed by atoms with E-state index in [1.165, 1.54) is 24.3 Å². The van der Waals surface area contributed by atoms with Crippen LogP contribution in [0.3, 0.4) is 0 Å². The minimum atomic E-state index is -3.97. The first-order chi connectivity index (χ1) is 15.1. The first-order valence-electron chi connectivity index (χ1n) is 10.5. The highest BCUT2D eigenvalue weighted by Crippen LogP contribution is 2.20. The number of azo groups is 1. The molecule has 0 aromatic heterocycles. The highest BCUT2D eigenvalue weighted by molar-refractivity contribution is 7.89. The van der Waals surface area contributed by atoms with Crippen LogP contribution >= 0.6 is 0 Å². The molecule has 0 bridgehead atoms. The van der Waals surface area contributed by atoms with Gasteiger partial charge in [-0.15, -0.1) is 0 Å². The topological polar surface area (TPSA) is 117 Å². The van der Waals surface area contributed by atoms with Crippen LogP contribution in [0.2, 0.25) is 0 Å². The number of carbonyl (C=O) groups is 2. The number of aldehydes is 1. The van der Waals surface area contributed by atoms with Crippen LogP contribution in [0.5, 0.6) is 0 Å². The lowest BCUT2D eigenvalue weighted by molar-refractivity contribution is -0.126. The van der Waals surface area contributed by atoms with Crippen LogP contribution in [0.15, 0.2) is 69.7 Å². The van der Waals surface area contributed by atoms with Crippen molar-refractivity contribution in [2.45, 2.75) is 51.1 Å². The standard InChI is InChI=1S/C23H30N4O4S/c1-16(2)14-20(15-28)24-23(29)22(17(3)4)27-32(30,31)21-12-10-19(11-13-21)26-25-18-8-6-5-7-9-18/h5-13,15-17,20,22,27H,14H2,1-4H3,(H,24,29)/t20-,22-/m0/s1. The number of carbonyl (C=O) groups excluding carboxylic acids is 2. The Bertz CT molecular complexity index is 1020. The highest BCUT2D eigenvalue weighted by atomic mass is 32.2. The van der Waals surface area contributed by atoms with Crippen molar-refractivity contribution >= 4 is 33.6 Å². The van der Waals surface area contributed by atoms with Gasteiger partial charge < -0.3 is 10.1 Å². The van der Waals surface area contributed by atoms with Gasteiger partial charge in [0.05, 0.1) is 22.3 Å². The van der Waals surface area contributed by atoms with Gasteiger partial charge in [0, 0.05) is 0 Å². The van der Waals surface area contributed by atoms with E-state index in [2.05, 4.69) is 20.3 Å². The molecule has 0 saturated heterocycles. The zero-order valence-corrected chi connectivity index (χ0v) is 19.5. The number of benzene rings is 2. The predicted molar refractivity (Wildman–Crippen MR) is 123 cm³/mol. The van der Waals surface area contributed by atoms with Gasteiger partial charge in [-0.25, -0.2) is 8.42 Å². The van der Waals surface area contributed by atoms with Crippen molar-refractivity contribution < 1.29 is 18.0 Å². The van der Waals surface area contributed by atoms with Crippen molar-refractivity contribution in [2.75, 3.05) is 0 Å². The molecule has 32 heavy (non-hydrogen) atoms. The number of hydrogen-bond acceptors (Lipinski definition) is 6. The summed E-state index contributed by atoms with van der Waals surface area (Å²) in [5.74, 6) is -0.651. The summed E-state index contributed by atoms with van der Waals surface area (Å²) in [6.07, 6.45) is 1.15. The van der Waals surface area contributed by atoms with E-state index in [4.69, 9.17) is 0 Å². The average Bonchev–Trinajstić information content (AvgIpc) is 2.76. The summed E-state index contributed by atoms with van der Waals surface area (Å²) < 4.78 is 28.2. The number of rotatable bonds is 11. The van der Waals surface area contributed by atoms with E-state index >= 15 is 0 Å². The number of nitrogens with one attached hydrogen (secondary N) is 2. The molecule has 0 heterocycles. The fourth-order valence-corrected chi connectivity index (χ4v) is 4.30. The summed E-state index contributed by atoms with van der Waals surface area (Å²) in [4.78, 5) is 24.0. The second kappa shape index (κ2) is 11.6. The van der Waals surface area contributed by atoms with Crippen molar-refractivity contribution in [3.05, 3.63) is 54.6 Å². The molecular formula is C23H30N4O4S.